The molecule has 0 saturated carbocycles. The van der Waals surface area contributed by atoms with Crippen LogP contribution in [-0.2, 0) is 16.0 Å². The van der Waals surface area contributed by atoms with E-state index in [1.54, 1.807) is 18.5 Å². The molecule has 1 atom stereocenters. The lowest BCUT2D eigenvalue weighted by molar-refractivity contribution is -0.140. The minimum absolute atomic E-state index is 0.0218. The first-order valence-electron chi connectivity index (χ1n) is 8.38. The van der Waals surface area contributed by atoms with Crippen LogP contribution >= 0.6 is 0 Å². The quantitative estimate of drug-likeness (QED) is 0.897. The molecule has 128 valence electrons. The highest BCUT2D eigenvalue weighted by Crippen LogP contribution is 2.34. The number of nitrogens with one attached hydrogen (secondary N) is 1. The summed E-state index contributed by atoms with van der Waals surface area (Å²) in [6.07, 6.45) is 7.25. The number of ether oxygens (including phenoxy) is 2. The Morgan fingerprint density at radius 3 is 2.79 bits per heavy atom. The second-order valence-electron chi connectivity index (χ2n) is 6.30. The van der Waals surface area contributed by atoms with Crippen LogP contribution in [0.25, 0.3) is 11.6 Å². The molecule has 2 aliphatic rings. The van der Waals surface area contributed by atoms with Gasteiger partial charge in [0, 0.05) is 38.3 Å². The molecule has 8 heteroatoms. The number of rotatable bonds is 4. The van der Waals surface area contributed by atoms with Gasteiger partial charge in [0.05, 0.1) is 12.1 Å². The molecule has 2 fully saturated rings. The molecule has 0 aromatic carbocycles. The number of hydrogen-bond acceptors (Lipinski definition) is 8. The van der Waals surface area contributed by atoms with Gasteiger partial charge in [-0.1, -0.05) is 5.16 Å². The molecule has 0 bridgehead atoms. The van der Waals surface area contributed by atoms with Crippen molar-refractivity contribution >= 4 is 0 Å². The van der Waals surface area contributed by atoms with Crippen LogP contribution in [0.4, 0.5) is 0 Å². The molecule has 2 saturated heterocycles. The SMILES string of the molecule is c1cnc(-c2noc(CN[C@H]3CCOC4(CCOCC4)C3)n2)nc1. The first-order chi connectivity index (χ1) is 11.8. The lowest BCUT2D eigenvalue weighted by atomic mass is 9.84. The molecule has 1 N–H and O–H groups in total. The van der Waals surface area contributed by atoms with Gasteiger partial charge in [-0.2, -0.15) is 4.98 Å². The maximum atomic E-state index is 6.06. The smallest absolute Gasteiger partial charge is 0.241 e. The van der Waals surface area contributed by atoms with Crippen LogP contribution in [0.1, 0.15) is 31.6 Å². The molecule has 0 aliphatic carbocycles. The van der Waals surface area contributed by atoms with Crippen molar-refractivity contribution < 1.29 is 14.0 Å². The Hall–Kier alpha value is -1.90. The first-order valence-corrected chi connectivity index (χ1v) is 8.38. The third-order valence-corrected chi connectivity index (χ3v) is 4.67. The van der Waals surface area contributed by atoms with Crippen LogP contribution in [0.2, 0.25) is 0 Å². The van der Waals surface area contributed by atoms with E-state index in [9.17, 15) is 0 Å². The van der Waals surface area contributed by atoms with Crippen LogP contribution < -0.4 is 5.32 Å². The van der Waals surface area contributed by atoms with Gasteiger partial charge in [-0.25, -0.2) is 9.97 Å². The van der Waals surface area contributed by atoms with Crippen molar-refractivity contribution in [1.29, 1.82) is 0 Å². The molecule has 2 aromatic heterocycles. The van der Waals surface area contributed by atoms with Gasteiger partial charge in [0.2, 0.25) is 17.5 Å². The Balaban J connectivity index is 1.34. The van der Waals surface area contributed by atoms with E-state index in [1.807, 2.05) is 0 Å². The Morgan fingerprint density at radius 1 is 1.12 bits per heavy atom. The maximum Gasteiger partial charge on any atom is 0.241 e. The molecular weight excluding hydrogens is 310 g/mol. The highest BCUT2D eigenvalue weighted by atomic mass is 16.5. The summed E-state index contributed by atoms with van der Waals surface area (Å²) in [6.45, 7) is 2.90. The second kappa shape index (κ2) is 6.92. The van der Waals surface area contributed by atoms with Crippen molar-refractivity contribution in [1.82, 2.24) is 25.4 Å². The van der Waals surface area contributed by atoms with Crippen molar-refractivity contribution in [2.75, 3.05) is 19.8 Å². The predicted molar refractivity (Wildman–Crippen MR) is 83.9 cm³/mol. The molecule has 0 unspecified atom stereocenters. The summed E-state index contributed by atoms with van der Waals surface area (Å²) in [5, 5.41) is 7.46. The molecule has 0 amide bonds. The summed E-state index contributed by atoms with van der Waals surface area (Å²) in [5.74, 6) is 1.44. The first kappa shape index (κ1) is 15.6. The predicted octanol–water partition coefficient (Wildman–Crippen LogP) is 1.34. The number of aromatic nitrogens is 4. The monoisotopic (exact) mass is 331 g/mol. The second-order valence-corrected chi connectivity index (χ2v) is 6.30. The van der Waals surface area contributed by atoms with E-state index in [-0.39, 0.29) is 5.60 Å². The van der Waals surface area contributed by atoms with E-state index < -0.39 is 0 Å². The minimum atomic E-state index is -0.0218. The van der Waals surface area contributed by atoms with Crippen molar-refractivity contribution in [3.63, 3.8) is 0 Å². The van der Waals surface area contributed by atoms with Crippen molar-refractivity contribution in [3.8, 4) is 11.6 Å². The van der Waals surface area contributed by atoms with Crippen LogP contribution in [0.15, 0.2) is 23.0 Å². The average Bonchev–Trinajstić information content (AvgIpc) is 3.11. The fourth-order valence-corrected chi connectivity index (χ4v) is 3.36. The largest absolute Gasteiger partial charge is 0.381 e. The van der Waals surface area contributed by atoms with Crippen molar-refractivity contribution in [3.05, 3.63) is 24.4 Å². The highest BCUT2D eigenvalue weighted by Gasteiger charge is 2.38. The van der Waals surface area contributed by atoms with Crippen LogP contribution in [0.3, 0.4) is 0 Å². The van der Waals surface area contributed by atoms with Gasteiger partial charge in [0.25, 0.3) is 0 Å². The lowest BCUT2D eigenvalue weighted by Gasteiger charge is -2.43. The molecule has 1 spiro atoms. The lowest BCUT2D eigenvalue weighted by Crippen LogP contribution is -2.49. The molecule has 8 nitrogen and oxygen atoms in total. The van der Waals surface area contributed by atoms with Crippen molar-refractivity contribution in [2.45, 2.75) is 43.9 Å². The van der Waals surface area contributed by atoms with E-state index in [2.05, 4.69) is 25.4 Å². The fraction of sp³-hybridized carbons (Fsp3) is 0.625. The fourth-order valence-electron chi connectivity index (χ4n) is 3.36. The summed E-state index contributed by atoms with van der Waals surface area (Å²) >= 11 is 0. The zero-order valence-corrected chi connectivity index (χ0v) is 13.5. The van der Waals surface area contributed by atoms with Crippen LogP contribution in [0.5, 0.6) is 0 Å². The van der Waals surface area contributed by atoms with E-state index in [0.29, 0.717) is 30.1 Å². The number of nitrogens with zero attached hydrogens (tertiary/aromatic N) is 4. The van der Waals surface area contributed by atoms with E-state index in [1.165, 1.54) is 0 Å². The average molecular weight is 331 g/mol. The molecule has 4 heterocycles. The van der Waals surface area contributed by atoms with E-state index >= 15 is 0 Å². The van der Waals surface area contributed by atoms with Gasteiger partial charge >= 0.3 is 0 Å². The zero-order chi connectivity index (χ0) is 16.2. The molecular formula is C16H21N5O3. The Kier molecular flexibility index (Phi) is 4.50. The summed E-state index contributed by atoms with van der Waals surface area (Å²) in [5.41, 5.74) is -0.0218. The Labute approximate surface area is 140 Å². The Morgan fingerprint density at radius 2 is 1.96 bits per heavy atom. The maximum absolute atomic E-state index is 6.06. The molecule has 4 rings (SSSR count). The summed E-state index contributed by atoms with van der Waals surface area (Å²) in [4.78, 5) is 12.6. The van der Waals surface area contributed by atoms with Gasteiger partial charge < -0.3 is 19.3 Å². The van der Waals surface area contributed by atoms with Crippen LogP contribution in [-0.4, -0.2) is 51.6 Å². The minimum Gasteiger partial charge on any atom is -0.381 e. The van der Waals surface area contributed by atoms with Gasteiger partial charge in [-0.3, -0.25) is 0 Å². The third kappa shape index (κ3) is 3.45. The molecule has 2 aliphatic heterocycles. The van der Waals surface area contributed by atoms with Crippen LogP contribution in [0, 0.1) is 0 Å². The topological polar surface area (TPSA) is 95.2 Å². The van der Waals surface area contributed by atoms with Crippen molar-refractivity contribution in [2.24, 2.45) is 0 Å². The normalized spacial score (nSPS) is 23.4. The standard InChI is InChI=1S/C16H21N5O3/c1-5-17-14(18-6-1)15-20-13(24-21-15)11-19-12-2-7-23-16(10-12)3-8-22-9-4-16/h1,5-6,12,19H,2-4,7-11H2/t12-/m0/s1. The highest BCUT2D eigenvalue weighted by molar-refractivity contribution is 5.40. The van der Waals surface area contributed by atoms with E-state index in [0.717, 1.165) is 45.5 Å². The molecule has 2 aromatic rings. The van der Waals surface area contributed by atoms with Gasteiger partial charge in [0.15, 0.2) is 0 Å². The van der Waals surface area contributed by atoms with Gasteiger partial charge in [0.1, 0.15) is 0 Å². The van der Waals surface area contributed by atoms with Gasteiger partial charge in [-0.15, -0.1) is 0 Å². The Bertz CT molecular complexity index is 651. The zero-order valence-electron chi connectivity index (χ0n) is 13.5. The summed E-state index contributed by atoms with van der Waals surface area (Å²) < 4.78 is 16.8. The van der Waals surface area contributed by atoms with Gasteiger partial charge in [-0.05, 0) is 31.7 Å². The molecule has 24 heavy (non-hydrogen) atoms. The summed E-state index contributed by atoms with van der Waals surface area (Å²) in [6, 6.07) is 2.14. The molecule has 0 radical (unpaired) electrons. The number of hydrogen-bond donors (Lipinski definition) is 1. The third-order valence-electron chi connectivity index (χ3n) is 4.67. The summed E-state index contributed by atoms with van der Waals surface area (Å²) in [7, 11) is 0. The van der Waals surface area contributed by atoms with E-state index in [4.69, 9.17) is 14.0 Å².